The summed E-state index contributed by atoms with van der Waals surface area (Å²) in [5.41, 5.74) is 0.559. The highest BCUT2D eigenvalue weighted by Gasteiger charge is 2.23. The van der Waals surface area contributed by atoms with E-state index in [9.17, 15) is 4.79 Å². The predicted octanol–water partition coefficient (Wildman–Crippen LogP) is 2.42. The molecule has 6 nitrogen and oxygen atoms in total. The van der Waals surface area contributed by atoms with Crippen molar-refractivity contribution in [2.24, 2.45) is 0 Å². The van der Waals surface area contributed by atoms with E-state index in [1.54, 1.807) is 16.8 Å². The first kappa shape index (κ1) is 13.7. The van der Waals surface area contributed by atoms with E-state index in [0.717, 1.165) is 0 Å². The lowest BCUT2D eigenvalue weighted by molar-refractivity contribution is 0.0696. The summed E-state index contributed by atoms with van der Waals surface area (Å²) < 4.78 is 2.08. The summed E-state index contributed by atoms with van der Waals surface area (Å²) in [5.74, 6) is -0.328. The molecule has 0 amide bonds. The van der Waals surface area contributed by atoms with Gasteiger partial charge in [-0.25, -0.2) is 4.79 Å². The van der Waals surface area contributed by atoms with E-state index in [2.05, 4.69) is 31.5 Å². The zero-order chi connectivity index (χ0) is 14.2. The molecule has 0 radical (unpaired) electrons. The molecule has 100 valence electrons. The van der Waals surface area contributed by atoms with Crippen LogP contribution in [0.4, 0.5) is 0 Å². The average Bonchev–Trinajstić information content (AvgIpc) is 2.77. The van der Waals surface area contributed by atoms with Crippen LogP contribution in [0.25, 0.3) is 5.69 Å². The molecule has 0 atom stereocenters. The van der Waals surface area contributed by atoms with Crippen LogP contribution in [-0.2, 0) is 5.41 Å². The summed E-state index contributed by atoms with van der Waals surface area (Å²) in [6.07, 6.45) is 0. The number of tetrazole rings is 1. The molecule has 1 N–H and O–H groups in total. The predicted molar refractivity (Wildman–Crippen MR) is 72.5 cm³/mol. The minimum absolute atomic E-state index is 0.174. The van der Waals surface area contributed by atoms with Gasteiger partial charge in [0, 0.05) is 9.89 Å². The Morgan fingerprint density at radius 3 is 2.63 bits per heavy atom. The van der Waals surface area contributed by atoms with E-state index < -0.39 is 5.97 Å². The van der Waals surface area contributed by atoms with Gasteiger partial charge in [0.15, 0.2) is 5.82 Å². The fraction of sp³-hybridized carbons (Fsp3) is 0.333. The number of hydrogen-bond donors (Lipinski definition) is 1. The van der Waals surface area contributed by atoms with Gasteiger partial charge in [-0.3, -0.25) is 0 Å². The van der Waals surface area contributed by atoms with Gasteiger partial charge >= 0.3 is 5.97 Å². The maximum Gasteiger partial charge on any atom is 0.336 e. The lowest BCUT2D eigenvalue weighted by atomic mass is 9.95. The summed E-state index contributed by atoms with van der Waals surface area (Å²) in [6.45, 7) is 5.98. The number of carboxylic acid groups (broad SMARTS) is 1. The highest BCUT2D eigenvalue weighted by molar-refractivity contribution is 9.10. The average molecular weight is 325 g/mol. The summed E-state index contributed by atoms with van der Waals surface area (Å²) in [5, 5.41) is 20.7. The Bertz CT molecular complexity index is 631. The van der Waals surface area contributed by atoms with Crippen LogP contribution in [-0.4, -0.2) is 31.3 Å². The number of hydrogen-bond acceptors (Lipinski definition) is 4. The Labute approximate surface area is 118 Å². The second-order valence-corrected chi connectivity index (χ2v) is 5.99. The van der Waals surface area contributed by atoms with Gasteiger partial charge in [0.1, 0.15) is 0 Å². The van der Waals surface area contributed by atoms with Crippen molar-refractivity contribution >= 4 is 21.9 Å². The summed E-state index contributed by atoms with van der Waals surface area (Å²) in [7, 11) is 0. The van der Waals surface area contributed by atoms with E-state index in [0.29, 0.717) is 16.0 Å². The Kier molecular flexibility index (Phi) is 3.40. The van der Waals surface area contributed by atoms with Gasteiger partial charge in [0.2, 0.25) is 0 Å². The van der Waals surface area contributed by atoms with E-state index in [-0.39, 0.29) is 11.0 Å². The summed E-state index contributed by atoms with van der Waals surface area (Å²) in [6, 6.07) is 4.98. The SMILES string of the molecule is CC(C)(C)c1nnnn1-c1ccc(Br)c(C(=O)O)c1. The number of carboxylic acids is 1. The number of halogens is 1. The van der Waals surface area contributed by atoms with Crippen molar-refractivity contribution < 1.29 is 9.90 Å². The molecule has 0 saturated carbocycles. The smallest absolute Gasteiger partial charge is 0.336 e. The Balaban J connectivity index is 2.58. The molecule has 7 heteroatoms. The number of aromatic carboxylic acids is 1. The van der Waals surface area contributed by atoms with E-state index in [1.165, 1.54) is 6.07 Å². The van der Waals surface area contributed by atoms with Gasteiger partial charge in [-0.05, 0) is 44.6 Å². The van der Waals surface area contributed by atoms with Crippen molar-refractivity contribution in [3.05, 3.63) is 34.1 Å². The van der Waals surface area contributed by atoms with Crippen LogP contribution in [0.5, 0.6) is 0 Å². The molecule has 2 rings (SSSR count). The highest BCUT2D eigenvalue weighted by Crippen LogP contribution is 2.24. The number of carbonyl (C=O) groups is 1. The molecule has 0 fully saturated rings. The zero-order valence-corrected chi connectivity index (χ0v) is 12.3. The molecule has 19 heavy (non-hydrogen) atoms. The molecule has 0 aliphatic rings. The number of aromatic nitrogens is 4. The number of rotatable bonds is 2. The molecule has 0 saturated heterocycles. The van der Waals surface area contributed by atoms with Crippen LogP contribution in [0, 0.1) is 0 Å². The monoisotopic (exact) mass is 324 g/mol. The topological polar surface area (TPSA) is 80.9 Å². The number of nitrogens with zero attached hydrogens (tertiary/aromatic N) is 4. The second-order valence-electron chi connectivity index (χ2n) is 5.13. The third kappa shape index (κ3) is 2.65. The van der Waals surface area contributed by atoms with Gasteiger partial charge in [0.25, 0.3) is 0 Å². The molecule has 0 unspecified atom stereocenters. The summed E-state index contributed by atoms with van der Waals surface area (Å²) >= 11 is 3.21. The molecule has 0 aliphatic heterocycles. The third-order valence-corrected chi connectivity index (χ3v) is 3.26. The van der Waals surface area contributed by atoms with Gasteiger partial charge in [-0.15, -0.1) is 5.10 Å². The molecule has 0 aliphatic carbocycles. The Morgan fingerprint density at radius 1 is 1.37 bits per heavy atom. The molecule has 0 spiro atoms. The van der Waals surface area contributed by atoms with Gasteiger partial charge in [0.05, 0.1) is 11.3 Å². The van der Waals surface area contributed by atoms with Crippen LogP contribution in [0.1, 0.15) is 37.0 Å². The largest absolute Gasteiger partial charge is 0.478 e. The number of benzene rings is 1. The lowest BCUT2D eigenvalue weighted by Gasteiger charge is -2.17. The van der Waals surface area contributed by atoms with Gasteiger partial charge in [-0.1, -0.05) is 20.8 Å². The van der Waals surface area contributed by atoms with Crippen LogP contribution in [0.2, 0.25) is 0 Å². The van der Waals surface area contributed by atoms with Crippen molar-refractivity contribution in [1.29, 1.82) is 0 Å². The zero-order valence-electron chi connectivity index (χ0n) is 10.8. The normalized spacial score (nSPS) is 11.6. The molecule has 1 heterocycles. The standard InChI is InChI=1S/C12H13BrN4O2/c1-12(2,3)11-14-15-16-17(11)7-4-5-9(13)8(6-7)10(18)19/h4-6H,1-3H3,(H,18,19). The first-order chi connectivity index (χ1) is 8.80. The first-order valence-electron chi connectivity index (χ1n) is 5.63. The minimum atomic E-state index is -1.00. The lowest BCUT2D eigenvalue weighted by Crippen LogP contribution is -2.19. The van der Waals surface area contributed by atoms with Crippen LogP contribution in [0.3, 0.4) is 0 Å². The van der Waals surface area contributed by atoms with Crippen LogP contribution in [0.15, 0.2) is 22.7 Å². The van der Waals surface area contributed by atoms with Crippen molar-refractivity contribution in [3.8, 4) is 5.69 Å². The van der Waals surface area contributed by atoms with Crippen molar-refractivity contribution in [1.82, 2.24) is 20.2 Å². The molecule has 0 bridgehead atoms. The quantitative estimate of drug-likeness (QED) is 0.917. The van der Waals surface area contributed by atoms with Crippen molar-refractivity contribution in [2.75, 3.05) is 0 Å². The van der Waals surface area contributed by atoms with Gasteiger partial charge < -0.3 is 5.11 Å². The molecular formula is C12H13BrN4O2. The first-order valence-corrected chi connectivity index (χ1v) is 6.42. The van der Waals surface area contributed by atoms with E-state index >= 15 is 0 Å². The molecule has 2 aromatic rings. The fourth-order valence-electron chi connectivity index (χ4n) is 1.64. The third-order valence-electron chi connectivity index (χ3n) is 2.57. The maximum atomic E-state index is 11.1. The van der Waals surface area contributed by atoms with E-state index in [1.807, 2.05) is 20.8 Å². The maximum absolute atomic E-state index is 11.1. The highest BCUT2D eigenvalue weighted by atomic mass is 79.9. The summed E-state index contributed by atoms with van der Waals surface area (Å²) in [4.78, 5) is 11.1. The minimum Gasteiger partial charge on any atom is -0.478 e. The molecular weight excluding hydrogens is 312 g/mol. The van der Waals surface area contributed by atoms with Crippen LogP contribution < -0.4 is 0 Å². The fourth-order valence-corrected chi connectivity index (χ4v) is 2.05. The van der Waals surface area contributed by atoms with Crippen molar-refractivity contribution in [2.45, 2.75) is 26.2 Å². The van der Waals surface area contributed by atoms with Gasteiger partial charge in [-0.2, -0.15) is 4.68 Å². The van der Waals surface area contributed by atoms with Crippen LogP contribution >= 0.6 is 15.9 Å². The Hall–Kier alpha value is -1.76. The Morgan fingerprint density at radius 2 is 2.05 bits per heavy atom. The van der Waals surface area contributed by atoms with E-state index in [4.69, 9.17) is 5.11 Å². The molecule has 1 aromatic carbocycles. The molecule has 1 aromatic heterocycles. The van der Waals surface area contributed by atoms with Crippen molar-refractivity contribution in [3.63, 3.8) is 0 Å². The second kappa shape index (κ2) is 4.73.